The lowest BCUT2D eigenvalue weighted by atomic mass is 10.1. The first kappa shape index (κ1) is 15.6. The van der Waals surface area contributed by atoms with Crippen LogP contribution in [0.15, 0.2) is 24.4 Å². The summed E-state index contributed by atoms with van der Waals surface area (Å²) in [6.07, 6.45) is 6.96. The quantitative estimate of drug-likeness (QED) is 0.771. The first-order valence-electron chi connectivity index (χ1n) is 9.52. The summed E-state index contributed by atoms with van der Waals surface area (Å²) >= 11 is 0. The Morgan fingerprint density at radius 1 is 1.23 bits per heavy atom. The Morgan fingerprint density at radius 3 is 3.08 bits per heavy atom. The lowest BCUT2D eigenvalue weighted by Crippen LogP contribution is -2.32. The van der Waals surface area contributed by atoms with Crippen molar-refractivity contribution in [1.29, 1.82) is 0 Å². The number of fused-ring (bicyclic) bond motifs is 2. The van der Waals surface area contributed by atoms with Crippen molar-refractivity contribution in [2.24, 2.45) is 0 Å². The van der Waals surface area contributed by atoms with Gasteiger partial charge in [-0.2, -0.15) is 5.10 Å². The zero-order valence-electron chi connectivity index (χ0n) is 15.0. The van der Waals surface area contributed by atoms with Gasteiger partial charge in [-0.05, 0) is 56.7 Å². The number of aromatic amines is 1. The molecule has 1 amide bonds. The van der Waals surface area contributed by atoms with Gasteiger partial charge in [0, 0.05) is 13.1 Å². The van der Waals surface area contributed by atoms with Crippen LogP contribution >= 0.6 is 0 Å². The van der Waals surface area contributed by atoms with Gasteiger partial charge in [-0.15, -0.1) is 0 Å². The number of carbonyl (C=O) groups excluding carboxylic acids is 1. The molecule has 6 nitrogen and oxygen atoms in total. The van der Waals surface area contributed by atoms with Crippen LogP contribution in [0.1, 0.15) is 59.2 Å². The molecule has 2 aliphatic heterocycles. The van der Waals surface area contributed by atoms with Crippen LogP contribution in [0, 0.1) is 6.92 Å². The smallest absolute Gasteiger partial charge is 0.257 e. The number of likely N-dealkylation sites (tertiary alicyclic amines) is 1. The van der Waals surface area contributed by atoms with E-state index in [1.165, 1.54) is 5.56 Å². The fourth-order valence-corrected chi connectivity index (χ4v) is 4.35. The lowest BCUT2D eigenvalue weighted by Gasteiger charge is -2.24. The van der Waals surface area contributed by atoms with E-state index >= 15 is 0 Å². The predicted molar refractivity (Wildman–Crippen MR) is 99.0 cm³/mol. The molecule has 26 heavy (non-hydrogen) atoms. The maximum absolute atomic E-state index is 13.3. The fraction of sp³-hybridized carbons (Fsp3) is 0.450. The number of nitrogens with one attached hydrogen (secondary N) is 1. The summed E-state index contributed by atoms with van der Waals surface area (Å²) in [6, 6.07) is 6.25. The number of nitrogens with zero attached hydrogens (tertiary/aromatic N) is 4. The third-order valence-electron chi connectivity index (χ3n) is 5.70. The first-order valence-corrected chi connectivity index (χ1v) is 9.52. The Bertz CT molecular complexity index is 985. The van der Waals surface area contributed by atoms with Gasteiger partial charge in [0.15, 0.2) is 0 Å². The highest BCUT2D eigenvalue weighted by Gasteiger charge is 2.34. The molecular formula is C20H23N5O. The molecule has 2 aromatic heterocycles. The molecule has 1 aromatic carbocycles. The van der Waals surface area contributed by atoms with Gasteiger partial charge in [-0.1, -0.05) is 6.07 Å². The highest BCUT2D eigenvalue weighted by Crippen LogP contribution is 2.33. The average molecular weight is 349 g/mol. The van der Waals surface area contributed by atoms with E-state index in [0.717, 1.165) is 73.3 Å². The molecule has 5 rings (SSSR count). The number of imidazole rings is 1. The molecule has 3 aromatic rings. The number of hydrogen-bond donors (Lipinski definition) is 1. The van der Waals surface area contributed by atoms with E-state index in [4.69, 9.17) is 4.98 Å². The molecule has 0 spiro atoms. The molecule has 0 saturated carbocycles. The van der Waals surface area contributed by atoms with E-state index in [0.29, 0.717) is 0 Å². The summed E-state index contributed by atoms with van der Waals surface area (Å²) in [4.78, 5) is 23.5. The zero-order chi connectivity index (χ0) is 17.7. The number of H-pyrrole nitrogens is 1. The molecule has 0 aliphatic carbocycles. The molecule has 1 fully saturated rings. The second-order valence-electron chi connectivity index (χ2n) is 7.48. The van der Waals surface area contributed by atoms with Gasteiger partial charge in [0.25, 0.3) is 5.91 Å². The highest BCUT2D eigenvalue weighted by atomic mass is 16.2. The largest absolute Gasteiger partial charge is 0.340 e. The van der Waals surface area contributed by atoms with E-state index in [2.05, 4.69) is 29.1 Å². The van der Waals surface area contributed by atoms with Gasteiger partial charge in [0.1, 0.15) is 5.82 Å². The second kappa shape index (κ2) is 5.97. The van der Waals surface area contributed by atoms with E-state index < -0.39 is 0 Å². The van der Waals surface area contributed by atoms with E-state index in [1.807, 2.05) is 15.6 Å². The van der Waals surface area contributed by atoms with Crippen LogP contribution in [0.3, 0.4) is 0 Å². The maximum atomic E-state index is 13.3. The van der Waals surface area contributed by atoms with Crippen molar-refractivity contribution in [1.82, 2.24) is 24.6 Å². The monoisotopic (exact) mass is 349 g/mol. The number of rotatable bonds is 2. The van der Waals surface area contributed by atoms with Crippen molar-refractivity contribution in [2.75, 3.05) is 6.54 Å². The number of aryl methyl sites for hydroxylation is 2. The Balaban J connectivity index is 1.48. The van der Waals surface area contributed by atoms with Crippen LogP contribution in [0.4, 0.5) is 0 Å². The highest BCUT2D eigenvalue weighted by molar-refractivity contribution is 5.95. The standard InChI is InChI=1S/C20H23N5O/c1-13-7-8-15-16(11-13)23-19(22-15)18-6-4-9-24(18)20(26)14-12-21-25-10-3-2-5-17(14)25/h7-8,11-12,18H,2-6,9-10H2,1H3,(H,22,23)/t18-/m0/s1. The van der Waals surface area contributed by atoms with Gasteiger partial charge in [0.05, 0.1) is 34.5 Å². The summed E-state index contributed by atoms with van der Waals surface area (Å²) in [5.74, 6) is 1.00. The van der Waals surface area contributed by atoms with Crippen molar-refractivity contribution >= 4 is 16.9 Å². The SMILES string of the molecule is Cc1ccc2nc([C@@H]3CCCN3C(=O)c3cnn4c3CCCC4)[nH]c2c1. The van der Waals surface area contributed by atoms with Crippen molar-refractivity contribution in [2.45, 2.75) is 51.6 Å². The minimum atomic E-state index is 0.0225. The van der Waals surface area contributed by atoms with Gasteiger partial charge in [0.2, 0.25) is 0 Å². The lowest BCUT2D eigenvalue weighted by molar-refractivity contribution is 0.0729. The number of aromatic nitrogens is 4. The predicted octanol–water partition coefficient (Wildman–Crippen LogP) is 3.38. The van der Waals surface area contributed by atoms with Gasteiger partial charge in [-0.3, -0.25) is 9.48 Å². The van der Waals surface area contributed by atoms with Crippen LogP contribution in [-0.4, -0.2) is 37.1 Å². The van der Waals surface area contributed by atoms with Crippen molar-refractivity contribution in [3.05, 3.63) is 47.0 Å². The summed E-state index contributed by atoms with van der Waals surface area (Å²) in [6.45, 7) is 3.79. The summed E-state index contributed by atoms with van der Waals surface area (Å²) < 4.78 is 2.01. The van der Waals surface area contributed by atoms with Gasteiger partial charge >= 0.3 is 0 Å². The molecule has 6 heteroatoms. The molecule has 0 bridgehead atoms. The molecule has 0 unspecified atom stereocenters. The third-order valence-corrected chi connectivity index (χ3v) is 5.70. The van der Waals surface area contributed by atoms with Gasteiger partial charge in [-0.25, -0.2) is 4.98 Å². The summed E-state index contributed by atoms with van der Waals surface area (Å²) in [7, 11) is 0. The minimum absolute atomic E-state index is 0.0225. The van der Waals surface area contributed by atoms with Crippen molar-refractivity contribution < 1.29 is 4.79 Å². The molecule has 4 heterocycles. The maximum Gasteiger partial charge on any atom is 0.257 e. The van der Waals surface area contributed by atoms with Crippen LogP contribution < -0.4 is 0 Å². The number of benzene rings is 1. The van der Waals surface area contributed by atoms with E-state index in [1.54, 1.807) is 6.20 Å². The van der Waals surface area contributed by atoms with Crippen molar-refractivity contribution in [3.8, 4) is 0 Å². The summed E-state index contributed by atoms with van der Waals surface area (Å²) in [5, 5.41) is 4.44. The first-order chi connectivity index (χ1) is 12.7. The number of amides is 1. The molecule has 0 radical (unpaired) electrons. The number of hydrogen-bond acceptors (Lipinski definition) is 3. The minimum Gasteiger partial charge on any atom is -0.340 e. The van der Waals surface area contributed by atoms with Crippen LogP contribution in [-0.2, 0) is 13.0 Å². The van der Waals surface area contributed by atoms with Crippen molar-refractivity contribution in [3.63, 3.8) is 0 Å². The Labute approximate surface area is 152 Å². The molecule has 1 atom stereocenters. The third kappa shape index (κ3) is 2.43. The normalized spacial score (nSPS) is 19.9. The van der Waals surface area contributed by atoms with Gasteiger partial charge < -0.3 is 9.88 Å². The van der Waals surface area contributed by atoms with Crippen LogP contribution in [0.25, 0.3) is 11.0 Å². The molecule has 2 aliphatic rings. The van der Waals surface area contributed by atoms with E-state index in [9.17, 15) is 4.79 Å². The Hall–Kier alpha value is -2.63. The molecule has 1 saturated heterocycles. The van der Waals surface area contributed by atoms with Crippen LogP contribution in [0.5, 0.6) is 0 Å². The summed E-state index contributed by atoms with van der Waals surface area (Å²) in [5.41, 5.74) is 5.10. The van der Waals surface area contributed by atoms with Crippen LogP contribution in [0.2, 0.25) is 0 Å². The molecule has 134 valence electrons. The average Bonchev–Trinajstić information content (AvgIpc) is 3.37. The fourth-order valence-electron chi connectivity index (χ4n) is 4.35. The second-order valence-corrected chi connectivity index (χ2v) is 7.48. The molecule has 1 N–H and O–H groups in total. The Kier molecular flexibility index (Phi) is 3.58. The topological polar surface area (TPSA) is 66.8 Å². The molecular weight excluding hydrogens is 326 g/mol. The Morgan fingerprint density at radius 2 is 2.15 bits per heavy atom. The number of carbonyl (C=O) groups is 1. The zero-order valence-corrected chi connectivity index (χ0v) is 15.0. The van der Waals surface area contributed by atoms with E-state index in [-0.39, 0.29) is 11.9 Å².